The minimum atomic E-state index is 0.778. The molecule has 0 saturated carbocycles. The molecule has 0 radical (unpaired) electrons. The van der Waals surface area contributed by atoms with Crippen molar-refractivity contribution >= 4 is 16.8 Å². The van der Waals surface area contributed by atoms with Crippen LogP contribution in [0.2, 0.25) is 0 Å². The first-order valence-electron chi connectivity index (χ1n) is 1.96. The highest BCUT2D eigenvalue weighted by Gasteiger charge is 2.00. The van der Waals surface area contributed by atoms with Crippen molar-refractivity contribution in [2.75, 3.05) is 0 Å². The molecule has 2 nitrogen and oxygen atoms in total. The molecule has 0 aromatic rings. The molecule has 38 valence electrons. The number of allylic oxidation sites excluding steroid dienone is 1. The van der Waals surface area contributed by atoms with Crippen molar-refractivity contribution in [2.45, 2.75) is 6.42 Å². The van der Waals surface area contributed by atoms with Crippen molar-refractivity contribution < 1.29 is 5.21 Å². The molecule has 0 aromatic carbocycles. The van der Waals surface area contributed by atoms with E-state index in [1.54, 1.807) is 0 Å². The summed E-state index contributed by atoms with van der Waals surface area (Å²) >= 11 is 1.46. The lowest BCUT2D eigenvalue weighted by Crippen LogP contribution is -1.79. The van der Waals surface area contributed by atoms with Gasteiger partial charge in [-0.1, -0.05) is 23.0 Å². The van der Waals surface area contributed by atoms with Crippen molar-refractivity contribution in [1.29, 1.82) is 0 Å². The van der Waals surface area contributed by atoms with Crippen LogP contribution in [0.1, 0.15) is 6.42 Å². The molecule has 0 saturated heterocycles. The molecule has 0 amide bonds. The molecule has 7 heavy (non-hydrogen) atoms. The van der Waals surface area contributed by atoms with Crippen LogP contribution in [0.25, 0.3) is 0 Å². The highest BCUT2D eigenvalue weighted by Crippen LogP contribution is 2.16. The average Bonchev–Trinajstić information content (AvgIpc) is 2.14. The molecular formula is C4H5NOS. The number of thioether (sulfide) groups is 1. The zero-order chi connectivity index (χ0) is 5.11. The normalized spacial score (nSPS) is 24.3. The first-order chi connectivity index (χ1) is 3.43. The SMILES string of the molecule is ON=C1CC=CS1. The van der Waals surface area contributed by atoms with E-state index in [0.717, 1.165) is 11.5 Å². The topological polar surface area (TPSA) is 32.6 Å². The van der Waals surface area contributed by atoms with Crippen LogP contribution in [-0.4, -0.2) is 10.3 Å². The molecule has 0 bridgehead atoms. The lowest BCUT2D eigenvalue weighted by molar-refractivity contribution is 0.320. The molecule has 0 fully saturated rings. The summed E-state index contributed by atoms with van der Waals surface area (Å²) < 4.78 is 0. The van der Waals surface area contributed by atoms with Gasteiger partial charge < -0.3 is 5.21 Å². The Morgan fingerprint density at radius 2 is 2.71 bits per heavy atom. The summed E-state index contributed by atoms with van der Waals surface area (Å²) in [6.45, 7) is 0. The number of oxime groups is 1. The summed E-state index contributed by atoms with van der Waals surface area (Å²) in [5.41, 5.74) is 0. The molecule has 0 aliphatic carbocycles. The summed E-state index contributed by atoms with van der Waals surface area (Å²) in [6, 6.07) is 0. The van der Waals surface area contributed by atoms with Crippen molar-refractivity contribution in [3.63, 3.8) is 0 Å². The van der Waals surface area contributed by atoms with Crippen LogP contribution in [0.5, 0.6) is 0 Å². The zero-order valence-electron chi connectivity index (χ0n) is 3.66. The quantitative estimate of drug-likeness (QED) is 0.382. The second-order valence-electron chi connectivity index (χ2n) is 1.19. The van der Waals surface area contributed by atoms with Gasteiger partial charge in [-0.2, -0.15) is 0 Å². The van der Waals surface area contributed by atoms with Crippen molar-refractivity contribution in [1.82, 2.24) is 0 Å². The Labute approximate surface area is 45.9 Å². The second-order valence-corrected chi connectivity index (χ2v) is 2.17. The maximum Gasteiger partial charge on any atom is 0.120 e. The van der Waals surface area contributed by atoms with E-state index in [-0.39, 0.29) is 0 Å². The highest BCUT2D eigenvalue weighted by atomic mass is 32.2. The van der Waals surface area contributed by atoms with Crippen molar-refractivity contribution in [3.05, 3.63) is 11.5 Å². The lowest BCUT2D eigenvalue weighted by atomic mass is 10.5. The molecule has 1 rings (SSSR count). The molecule has 0 atom stereocenters. The fourth-order valence-corrected chi connectivity index (χ4v) is 0.977. The summed E-state index contributed by atoms with van der Waals surface area (Å²) in [5, 5.41) is 13.8. The van der Waals surface area contributed by atoms with Gasteiger partial charge in [-0.15, -0.1) is 0 Å². The molecule has 1 aliphatic rings. The van der Waals surface area contributed by atoms with Crippen LogP contribution in [-0.2, 0) is 0 Å². The van der Waals surface area contributed by atoms with Gasteiger partial charge in [0, 0.05) is 6.42 Å². The maximum atomic E-state index is 8.09. The average molecular weight is 115 g/mol. The Kier molecular flexibility index (Phi) is 1.36. The molecule has 1 heterocycles. The van der Waals surface area contributed by atoms with Gasteiger partial charge >= 0.3 is 0 Å². The fraction of sp³-hybridized carbons (Fsp3) is 0.250. The van der Waals surface area contributed by atoms with E-state index >= 15 is 0 Å². The van der Waals surface area contributed by atoms with Gasteiger partial charge in [0.2, 0.25) is 0 Å². The van der Waals surface area contributed by atoms with Gasteiger partial charge in [0.1, 0.15) is 5.04 Å². The summed E-state index contributed by atoms with van der Waals surface area (Å²) in [4.78, 5) is 0. The Morgan fingerprint density at radius 3 is 3.00 bits per heavy atom. The summed E-state index contributed by atoms with van der Waals surface area (Å²) in [7, 11) is 0. The van der Waals surface area contributed by atoms with Crippen LogP contribution < -0.4 is 0 Å². The van der Waals surface area contributed by atoms with Gasteiger partial charge in [0.05, 0.1) is 0 Å². The first kappa shape index (κ1) is 4.71. The van der Waals surface area contributed by atoms with Crippen LogP contribution in [0.3, 0.4) is 0 Å². The fourth-order valence-electron chi connectivity index (χ4n) is 0.388. The molecule has 0 aromatic heterocycles. The predicted molar refractivity (Wildman–Crippen MR) is 30.6 cm³/mol. The van der Waals surface area contributed by atoms with Crippen molar-refractivity contribution in [2.24, 2.45) is 5.16 Å². The molecule has 0 unspecified atom stereocenters. The number of hydrogen-bond acceptors (Lipinski definition) is 3. The Bertz CT molecular complexity index is 109. The molecule has 1 N–H and O–H groups in total. The third-order valence-electron chi connectivity index (χ3n) is 0.704. The maximum absolute atomic E-state index is 8.09. The smallest absolute Gasteiger partial charge is 0.120 e. The second kappa shape index (κ2) is 2.02. The van der Waals surface area contributed by atoms with E-state index in [1.165, 1.54) is 11.8 Å². The third kappa shape index (κ3) is 0.962. The zero-order valence-corrected chi connectivity index (χ0v) is 4.48. The van der Waals surface area contributed by atoms with E-state index in [0.29, 0.717) is 0 Å². The Balaban J connectivity index is 2.51. The monoisotopic (exact) mass is 115 g/mol. The molecule has 1 aliphatic heterocycles. The lowest BCUT2D eigenvalue weighted by Gasteiger charge is -1.82. The van der Waals surface area contributed by atoms with Gasteiger partial charge in [-0.05, 0) is 5.41 Å². The van der Waals surface area contributed by atoms with E-state index in [1.807, 2.05) is 11.5 Å². The summed E-state index contributed by atoms with van der Waals surface area (Å²) in [5.74, 6) is 0. The van der Waals surface area contributed by atoms with Crippen LogP contribution in [0.4, 0.5) is 0 Å². The van der Waals surface area contributed by atoms with Crippen LogP contribution in [0.15, 0.2) is 16.6 Å². The van der Waals surface area contributed by atoms with E-state index in [9.17, 15) is 0 Å². The molecule has 3 heteroatoms. The number of hydrogen-bond donors (Lipinski definition) is 1. The molecule has 0 spiro atoms. The van der Waals surface area contributed by atoms with Crippen LogP contribution in [0, 0.1) is 0 Å². The molecular weight excluding hydrogens is 110 g/mol. The number of nitrogens with zero attached hydrogens (tertiary/aromatic N) is 1. The Hall–Kier alpha value is -0.440. The highest BCUT2D eigenvalue weighted by molar-refractivity contribution is 8.16. The predicted octanol–water partition coefficient (Wildman–Crippen LogP) is 1.42. The largest absolute Gasteiger partial charge is 0.410 e. The minimum Gasteiger partial charge on any atom is -0.410 e. The van der Waals surface area contributed by atoms with Gasteiger partial charge in [0.15, 0.2) is 0 Å². The van der Waals surface area contributed by atoms with E-state index < -0.39 is 0 Å². The Morgan fingerprint density at radius 1 is 1.86 bits per heavy atom. The van der Waals surface area contributed by atoms with Gasteiger partial charge in [0.25, 0.3) is 0 Å². The van der Waals surface area contributed by atoms with E-state index in [2.05, 4.69) is 5.16 Å². The standard InChI is InChI=1S/C4H5NOS/c6-5-4-2-1-3-7-4/h1,3,6H,2H2. The third-order valence-corrected chi connectivity index (χ3v) is 1.55. The van der Waals surface area contributed by atoms with Crippen molar-refractivity contribution in [3.8, 4) is 0 Å². The minimum absolute atomic E-state index is 0.778. The first-order valence-corrected chi connectivity index (χ1v) is 2.84. The van der Waals surface area contributed by atoms with Gasteiger partial charge in [-0.25, -0.2) is 0 Å². The van der Waals surface area contributed by atoms with E-state index in [4.69, 9.17) is 5.21 Å². The number of rotatable bonds is 0. The van der Waals surface area contributed by atoms with Gasteiger partial charge in [-0.3, -0.25) is 0 Å². The van der Waals surface area contributed by atoms with Crippen LogP contribution >= 0.6 is 11.8 Å². The summed E-state index contributed by atoms with van der Waals surface area (Å²) in [6.07, 6.45) is 2.75.